The van der Waals surface area contributed by atoms with Gasteiger partial charge in [0.15, 0.2) is 0 Å². The van der Waals surface area contributed by atoms with Crippen molar-refractivity contribution in [1.82, 2.24) is 0 Å². The fraction of sp³-hybridized carbons (Fsp3) is 0.0667. The summed E-state index contributed by atoms with van der Waals surface area (Å²) in [5.41, 5.74) is 2.69. The zero-order valence-electron chi connectivity index (χ0n) is 9.83. The third kappa shape index (κ3) is 2.48. The number of rotatable bonds is 3. The fourth-order valence-electron chi connectivity index (χ4n) is 1.59. The summed E-state index contributed by atoms with van der Waals surface area (Å²) in [4.78, 5) is 0. The van der Waals surface area contributed by atoms with Crippen LogP contribution in [0.25, 0.3) is 10.8 Å². The van der Waals surface area contributed by atoms with Crippen molar-refractivity contribution in [3.05, 3.63) is 60.8 Å². The molecule has 0 heterocycles. The molecule has 2 aromatic rings. The monoisotopic (exact) mass is 225 g/mol. The molecule has 0 aliphatic rings. The highest BCUT2D eigenvalue weighted by Crippen LogP contribution is 2.24. The minimum atomic E-state index is 0.282. The van der Waals surface area contributed by atoms with Crippen LogP contribution < -0.4 is 5.32 Å². The molecule has 0 saturated carbocycles. The molecule has 0 saturated heterocycles. The van der Waals surface area contributed by atoms with Gasteiger partial charge in [-0.3, -0.25) is 0 Å². The molecule has 86 valence electrons. The Kier molecular flexibility index (Phi) is 2.88. The molecule has 0 atom stereocenters. The SMILES string of the molecule is C=C(C)C(=C)Nc1ccc2cc(O)ccc2c1. The summed E-state index contributed by atoms with van der Waals surface area (Å²) in [5, 5.41) is 14.7. The smallest absolute Gasteiger partial charge is 0.116 e. The molecular formula is C15H15NO. The van der Waals surface area contributed by atoms with Crippen molar-refractivity contribution in [2.45, 2.75) is 6.92 Å². The molecule has 0 radical (unpaired) electrons. The Hall–Kier alpha value is -2.22. The maximum absolute atomic E-state index is 9.38. The Labute approximate surface area is 101 Å². The summed E-state index contributed by atoms with van der Waals surface area (Å²) in [6.45, 7) is 9.63. The number of fused-ring (bicyclic) bond motifs is 1. The van der Waals surface area contributed by atoms with Crippen LogP contribution in [0.5, 0.6) is 5.75 Å². The Balaban J connectivity index is 2.35. The van der Waals surface area contributed by atoms with Crippen molar-refractivity contribution in [3.63, 3.8) is 0 Å². The number of aromatic hydroxyl groups is 1. The van der Waals surface area contributed by atoms with E-state index in [1.54, 1.807) is 12.1 Å². The second-order valence-corrected chi connectivity index (χ2v) is 4.13. The summed E-state index contributed by atoms with van der Waals surface area (Å²) in [6, 6.07) is 11.2. The molecule has 2 heteroatoms. The van der Waals surface area contributed by atoms with Gasteiger partial charge in [-0.15, -0.1) is 0 Å². The van der Waals surface area contributed by atoms with Crippen LogP contribution in [-0.2, 0) is 0 Å². The van der Waals surface area contributed by atoms with Crippen LogP contribution in [0.2, 0.25) is 0 Å². The summed E-state index contributed by atoms with van der Waals surface area (Å²) < 4.78 is 0. The van der Waals surface area contributed by atoms with Crippen molar-refractivity contribution in [2.24, 2.45) is 0 Å². The standard InChI is InChI=1S/C15H15NO/c1-10(2)11(3)16-14-6-4-13-9-15(17)7-5-12(13)8-14/h4-9,16-17H,1,3H2,2H3. The Morgan fingerprint density at radius 2 is 1.71 bits per heavy atom. The topological polar surface area (TPSA) is 32.3 Å². The van der Waals surface area contributed by atoms with Crippen molar-refractivity contribution < 1.29 is 5.11 Å². The van der Waals surface area contributed by atoms with Crippen molar-refractivity contribution >= 4 is 16.5 Å². The largest absolute Gasteiger partial charge is 0.508 e. The van der Waals surface area contributed by atoms with Gasteiger partial charge in [0.1, 0.15) is 5.75 Å². The van der Waals surface area contributed by atoms with Gasteiger partial charge in [0.2, 0.25) is 0 Å². The van der Waals surface area contributed by atoms with E-state index in [-0.39, 0.29) is 5.75 Å². The molecule has 0 unspecified atom stereocenters. The number of phenolic OH excluding ortho intramolecular Hbond substituents is 1. The molecular weight excluding hydrogens is 210 g/mol. The molecule has 0 aliphatic carbocycles. The molecule has 0 aromatic heterocycles. The number of nitrogens with one attached hydrogen (secondary N) is 1. The lowest BCUT2D eigenvalue weighted by Crippen LogP contribution is -1.98. The van der Waals surface area contributed by atoms with Gasteiger partial charge in [-0.25, -0.2) is 0 Å². The second kappa shape index (κ2) is 4.34. The number of benzene rings is 2. The lowest BCUT2D eigenvalue weighted by atomic mass is 10.1. The van der Waals surface area contributed by atoms with Crippen LogP contribution in [0.15, 0.2) is 60.8 Å². The normalized spacial score (nSPS) is 10.2. The van der Waals surface area contributed by atoms with Gasteiger partial charge in [-0.2, -0.15) is 0 Å². The van der Waals surface area contributed by atoms with Gasteiger partial charge < -0.3 is 10.4 Å². The highest BCUT2D eigenvalue weighted by molar-refractivity contribution is 5.87. The highest BCUT2D eigenvalue weighted by atomic mass is 16.3. The van der Waals surface area contributed by atoms with Gasteiger partial charge in [-0.05, 0) is 47.5 Å². The van der Waals surface area contributed by atoms with Gasteiger partial charge in [-0.1, -0.05) is 25.3 Å². The van der Waals surface area contributed by atoms with Gasteiger partial charge in [0.05, 0.1) is 0 Å². The maximum Gasteiger partial charge on any atom is 0.116 e. The molecule has 0 bridgehead atoms. The third-order valence-electron chi connectivity index (χ3n) is 2.63. The van der Waals surface area contributed by atoms with E-state index < -0.39 is 0 Å². The van der Waals surface area contributed by atoms with E-state index >= 15 is 0 Å². The van der Waals surface area contributed by atoms with Gasteiger partial charge in [0, 0.05) is 11.4 Å². The van der Waals surface area contributed by atoms with Gasteiger partial charge >= 0.3 is 0 Å². The van der Waals surface area contributed by atoms with Crippen molar-refractivity contribution in [3.8, 4) is 5.75 Å². The van der Waals surface area contributed by atoms with E-state index in [0.717, 1.165) is 27.7 Å². The maximum atomic E-state index is 9.38. The van der Waals surface area contributed by atoms with E-state index in [9.17, 15) is 5.11 Å². The molecule has 17 heavy (non-hydrogen) atoms. The van der Waals surface area contributed by atoms with Crippen LogP contribution in [-0.4, -0.2) is 5.11 Å². The fourth-order valence-corrected chi connectivity index (χ4v) is 1.59. The number of hydrogen-bond acceptors (Lipinski definition) is 2. The van der Waals surface area contributed by atoms with Crippen LogP contribution in [0.3, 0.4) is 0 Å². The zero-order valence-corrected chi connectivity index (χ0v) is 9.83. The summed E-state index contributed by atoms with van der Waals surface area (Å²) in [6.07, 6.45) is 0. The molecule has 0 fully saturated rings. The van der Waals surface area contributed by atoms with E-state index in [1.807, 2.05) is 31.2 Å². The average molecular weight is 225 g/mol. The van der Waals surface area contributed by atoms with Gasteiger partial charge in [0.25, 0.3) is 0 Å². The highest BCUT2D eigenvalue weighted by Gasteiger charge is 1.99. The predicted octanol–water partition coefficient (Wildman–Crippen LogP) is 4.05. The first-order chi connectivity index (χ1) is 8.06. The molecule has 2 N–H and O–H groups in total. The van der Waals surface area contributed by atoms with E-state index in [0.29, 0.717) is 0 Å². The van der Waals surface area contributed by atoms with Crippen LogP contribution in [0, 0.1) is 0 Å². The van der Waals surface area contributed by atoms with Crippen LogP contribution in [0.1, 0.15) is 6.92 Å². The van der Waals surface area contributed by atoms with Crippen LogP contribution in [0.4, 0.5) is 5.69 Å². The van der Waals surface area contributed by atoms with E-state index in [4.69, 9.17) is 0 Å². The zero-order chi connectivity index (χ0) is 12.4. The summed E-state index contributed by atoms with van der Waals surface area (Å²) in [5.74, 6) is 0.282. The number of anilines is 1. The van der Waals surface area contributed by atoms with E-state index in [2.05, 4.69) is 18.5 Å². The minimum absolute atomic E-state index is 0.282. The van der Waals surface area contributed by atoms with Crippen LogP contribution >= 0.6 is 0 Å². The molecule has 2 aromatic carbocycles. The third-order valence-corrected chi connectivity index (χ3v) is 2.63. The number of allylic oxidation sites excluding steroid dienone is 1. The van der Waals surface area contributed by atoms with Crippen molar-refractivity contribution in [1.29, 1.82) is 0 Å². The Morgan fingerprint density at radius 3 is 2.41 bits per heavy atom. The van der Waals surface area contributed by atoms with E-state index in [1.165, 1.54) is 0 Å². The molecule has 0 spiro atoms. The first-order valence-electron chi connectivity index (χ1n) is 5.41. The average Bonchev–Trinajstić information content (AvgIpc) is 2.29. The minimum Gasteiger partial charge on any atom is -0.508 e. The molecule has 0 aliphatic heterocycles. The lowest BCUT2D eigenvalue weighted by Gasteiger charge is -2.10. The summed E-state index contributed by atoms with van der Waals surface area (Å²) in [7, 11) is 0. The first kappa shape index (κ1) is 11.3. The number of phenols is 1. The molecule has 2 rings (SSSR count). The quantitative estimate of drug-likeness (QED) is 0.772. The first-order valence-corrected chi connectivity index (χ1v) is 5.41. The summed E-state index contributed by atoms with van der Waals surface area (Å²) >= 11 is 0. The molecule has 2 nitrogen and oxygen atoms in total. The molecule has 0 amide bonds. The number of hydrogen-bond donors (Lipinski definition) is 2. The Morgan fingerprint density at radius 1 is 1.06 bits per heavy atom. The Bertz CT molecular complexity index is 599. The van der Waals surface area contributed by atoms with Crippen molar-refractivity contribution in [2.75, 3.05) is 5.32 Å². The second-order valence-electron chi connectivity index (χ2n) is 4.13. The lowest BCUT2D eigenvalue weighted by molar-refractivity contribution is 0.476. The predicted molar refractivity (Wildman–Crippen MR) is 73.2 cm³/mol.